The highest BCUT2D eigenvalue weighted by Gasteiger charge is 2.40. The summed E-state index contributed by atoms with van der Waals surface area (Å²) in [4.78, 5) is 24.7. The number of benzene rings is 1. The van der Waals surface area contributed by atoms with E-state index >= 15 is 0 Å². The van der Waals surface area contributed by atoms with Crippen molar-refractivity contribution in [2.75, 3.05) is 4.90 Å². The first-order chi connectivity index (χ1) is 10.6. The number of amides is 1. The van der Waals surface area contributed by atoms with E-state index in [4.69, 9.17) is 5.73 Å². The maximum absolute atomic E-state index is 12.3. The minimum Gasteiger partial charge on any atom is -0.480 e. The fraction of sp³-hybridized carbons (Fsp3) is 0.429. The van der Waals surface area contributed by atoms with E-state index in [-0.39, 0.29) is 17.7 Å². The zero-order chi connectivity index (χ0) is 17.4. The van der Waals surface area contributed by atoms with Crippen LogP contribution in [-0.4, -0.2) is 35.4 Å². The molecule has 1 aromatic rings. The lowest BCUT2D eigenvalue weighted by atomic mass is 10.1. The van der Waals surface area contributed by atoms with Crippen LogP contribution >= 0.6 is 0 Å². The Kier molecular flexibility index (Phi) is 4.51. The molecule has 1 aliphatic rings. The minimum atomic E-state index is -4.85. The molecule has 1 aromatic carbocycles. The number of rotatable bonds is 4. The van der Waals surface area contributed by atoms with Gasteiger partial charge < -0.3 is 15.6 Å². The SMILES string of the molecule is CC[C@H](N)C(=O)N1c2ccc(OC(F)(F)F)cc2CC1C(=O)O. The fourth-order valence-corrected chi connectivity index (χ4v) is 2.45. The number of aliphatic carboxylic acids is 1. The summed E-state index contributed by atoms with van der Waals surface area (Å²) >= 11 is 0. The second-order valence-electron chi connectivity index (χ2n) is 5.12. The molecule has 3 N–H and O–H groups in total. The van der Waals surface area contributed by atoms with Crippen molar-refractivity contribution in [1.29, 1.82) is 0 Å². The molecule has 6 nitrogen and oxygen atoms in total. The summed E-state index contributed by atoms with van der Waals surface area (Å²) < 4.78 is 40.6. The fourth-order valence-electron chi connectivity index (χ4n) is 2.45. The summed E-state index contributed by atoms with van der Waals surface area (Å²) in [6.45, 7) is 1.68. The smallest absolute Gasteiger partial charge is 0.480 e. The van der Waals surface area contributed by atoms with Gasteiger partial charge in [0.25, 0.3) is 0 Å². The standard InChI is InChI=1S/C14H15F3N2O4/c1-2-9(18)12(20)19-10-4-3-8(23-14(15,16)17)5-7(10)6-11(19)13(21)22/h3-5,9,11H,2,6,18H2,1H3,(H,21,22)/t9-,11?/m0/s1. The van der Waals surface area contributed by atoms with Crippen LogP contribution in [0.15, 0.2) is 18.2 Å². The van der Waals surface area contributed by atoms with Crippen molar-refractivity contribution in [2.24, 2.45) is 5.73 Å². The summed E-state index contributed by atoms with van der Waals surface area (Å²) in [6.07, 6.45) is -4.65. The van der Waals surface area contributed by atoms with Crippen molar-refractivity contribution in [2.45, 2.75) is 38.2 Å². The third-order valence-corrected chi connectivity index (χ3v) is 3.55. The Morgan fingerprint density at radius 1 is 1.48 bits per heavy atom. The largest absolute Gasteiger partial charge is 0.573 e. The second kappa shape index (κ2) is 6.07. The van der Waals surface area contributed by atoms with Crippen LogP contribution in [0.2, 0.25) is 0 Å². The second-order valence-corrected chi connectivity index (χ2v) is 5.12. The van der Waals surface area contributed by atoms with Gasteiger partial charge >= 0.3 is 12.3 Å². The Labute approximate surface area is 129 Å². The van der Waals surface area contributed by atoms with Crippen LogP contribution in [0.25, 0.3) is 0 Å². The van der Waals surface area contributed by atoms with E-state index < -0.39 is 36.1 Å². The number of halogens is 3. The maximum atomic E-state index is 12.3. The minimum absolute atomic E-state index is 0.109. The van der Waals surface area contributed by atoms with Gasteiger partial charge in [0.15, 0.2) is 0 Å². The van der Waals surface area contributed by atoms with Gasteiger partial charge in [0.1, 0.15) is 11.8 Å². The highest BCUT2D eigenvalue weighted by atomic mass is 19.4. The summed E-state index contributed by atoms with van der Waals surface area (Å²) in [5, 5.41) is 9.27. The van der Waals surface area contributed by atoms with Gasteiger partial charge in [-0.3, -0.25) is 9.69 Å². The number of fused-ring (bicyclic) bond motifs is 1. The zero-order valence-corrected chi connectivity index (χ0v) is 12.1. The van der Waals surface area contributed by atoms with E-state index in [0.717, 1.165) is 17.0 Å². The van der Waals surface area contributed by atoms with Gasteiger partial charge in [0.05, 0.1) is 6.04 Å². The van der Waals surface area contributed by atoms with E-state index in [1.807, 2.05) is 0 Å². The number of carboxylic acid groups (broad SMARTS) is 1. The van der Waals surface area contributed by atoms with Gasteiger partial charge in [0, 0.05) is 12.1 Å². The number of hydrogen-bond acceptors (Lipinski definition) is 4. The molecule has 1 aliphatic heterocycles. The molecule has 0 saturated heterocycles. The summed E-state index contributed by atoms with van der Waals surface area (Å²) in [7, 11) is 0. The van der Waals surface area contributed by atoms with Gasteiger partial charge in [-0.2, -0.15) is 0 Å². The molecule has 1 unspecified atom stereocenters. The molecule has 2 atom stereocenters. The van der Waals surface area contributed by atoms with Crippen LogP contribution < -0.4 is 15.4 Å². The average Bonchev–Trinajstić information content (AvgIpc) is 2.82. The molecule has 1 heterocycles. The molecule has 0 aromatic heterocycles. The molecule has 0 radical (unpaired) electrons. The van der Waals surface area contributed by atoms with Crippen molar-refractivity contribution in [1.82, 2.24) is 0 Å². The number of carboxylic acids is 1. The van der Waals surface area contributed by atoms with Crippen molar-refractivity contribution in [3.63, 3.8) is 0 Å². The molecule has 0 aliphatic carbocycles. The number of nitrogens with two attached hydrogens (primary N) is 1. The van der Waals surface area contributed by atoms with E-state index in [1.54, 1.807) is 6.92 Å². The van der Waals surface area contributed by atoms with E-state index in [0.29, 0.717) is 6.42 Å². The van der Waals surface area contributed by atoms with Crippen LogP contribution in [-0.2, 0) is 16.0 Å². The number of alkyl halides is 3. The molecular formula is C14H15F3N2O4. The molecule has 0 saturated carbocycles. The van der Waals surface area contributed by atoms with Gasteiger partial charge in [-0.15, -0.1) is 13.2 Å². The van der Waals surface area contributed by atoms with E-state index in [1.165, 1.54) is 6.07 Å². The normalized spacial score (nSPS) is 18.5. The predicted octanol–water partition coefficient (Wildman–Crippen LogP) is 1.66. The van der Waals surface area contributed by atoms with Crippen molar-refractivity contribution >= 4 is 17.6 Å². The number of carbonyl (C=O) groups is 2. The molecule has 1 amide bonds. The van der Waals surface area contributed by atoms with Crippen molar-refractivity contribution < 1.29 is 32.6 Å². The molecule has 126 valence electrons. The number of nitrogens with zero attached hydrogens (tertiary/aromatic N) is 1. The molecule has 23 heavy (non-hydrogen) atoms. The zero-order valence-electron chi connectivity index (χ0n) is 12.1. The first-order valence-electron chi connectivity index (χ1n) is 6.84. The average molecular weight is 332 g/mol. The maximum Gasteiger partial charge on any atom is 0.573 e. The van der Waals surface area contributed by atoms with Gasteiger partial charge in [-0.05, 0) is 30.2 Å². The topological polar surface area (TPSA) is 92.9 Å². The van der Waals surface area contributed by atoms with Crippen molar-refractivity contribution in [3.05, 3.63) is 23.8 Å². The highest BCUT2D eigenvalue weighted by Crippen LogP contribution is 2.36. The number of carbonyl (C=O) groups excluding carboxylic acids is 1. The molecular weight excluding hydrogens is 317 g/mol. The Balaban J connectivity index is 2.38. The van der Waals surface area contributed by atoms with Crippen LogP contribution in [0.1, 0.15) is 18.9 Å². The molecule has 2 rings (SSSR count). The number of anilines is 1. The first-order valence-corrected chi connectivity index (χ1v) is 6.84. The highest BCUT2D eigenvalue weighted by molar-refractivity contribution is 6.04. The van der Waals surface area contributed by atoms with Crippen molar-refractivity contribution in [3.8, 4) is 5.75 Å². The Morgan fingerprint density at radius 3 is 2.65 bits per heavy atom. The monoisotopic (exact) mass is 332 g/mol. The summed E-state index contributed by atoms with van der Waals surface area (Å²) in [6, 6.07) is 1.28. The molecule has 0 spiro atoms. The van der Waals surface area contributed by atoms with Crippen LogP contribution in [0.3, 0.4) is 0 Å². The first kappa shape index (κ1) is 17.1. The third kappa shape index (κ3) is 3.55. The Hall–Kier alpha value is -2.29. The predicted molar refractivity (Wildman–Crippen MR) is 74.0 cm³/mol. The lowest BCUT2D eigenvalue weighted by Gasteiger charge is -2.25. The van der Waals surface area contributed by atoms with Gasteiger partial charge in [-0.25, -0.2) is 4.79 Å². The molecule has 0 fully saturated rings. The van der Waals surface area contributed by atoms with Gasteiger partial charge in [0.2, 0.25) is 5.91 Å². The Morgan fingerprint density at radius 2 is 2.13 bits per heavy atom. The Bertz CT molecular complexity index is 633. The lowest BCUT2D eigenvalue weighted by molar-refractivity contribution is -0.274. The van der Waals surface area contributed by atoms with Crippen LogP contribution in [0, 0.1) is 0 Å². The summed E-state index contributed by atoms with van der Waals surface area (Å²) in [5.74, 6) is -2.30. The van der Waals surface area contributed by atoms with Crippen LogP contribution in [0.4, 0.5) is 18.9 Å². The molecule has 9 heteroatoms. The van der Waals surface area contributed by atoms with E-state index in [9.17, 15) is 27.9 Å². The lowest BCUT2D eigenvalue weighted by Crippen LogP contribution is -2.49. The quantitative estimate of drug-likeness (QED) is 0.875. The van der Waals surface area contributed by atoms with E-state index in [2.05, 4.69) is 4.74 Å². The number of ether oxygens (including phenoxy) is 1. The third-order valence-electron chi connectivity index (χ3n) is 3.55. The summed E-state index contributed by atoms with van der Waals surface area (Å²) in [5.41, 5.74) is 6.20. The number of hydrogen-bond donors (Lipinski definition) is 2. The van der Waals surface area contributed by atoms with Gasteiger partial charge in [-0.1, -0.05) is 6.92 Å². The molecule has 0 bridgehead atoms. The van der Waals surface area contributed by atoms with Crippen LogP contribution in [0.5, 0.6) is 5.75 Å².